The first-order valence-electron chi connectivity index (χ1n) is 4.61. The van der Waals surface area contributed by atoms with Crippen LogP contribution in [-0.2, 0) is 9.47 Å². The highest BCUT2D eigenvalue weighted by molar-refractivity contribution is 4.42. The van der Waals surface area contributed by atoms with E-state index in [0.29, 0.717) is 6.61 Å². The van der Waals surface area contributed by atoms with Gasteiger partial charge in [0.05, 0.1) is 12.7 Å². The van der Waals surface area contributed by atoms with Crippen molar-refractivity contribution in [3.8, 4) is 0 Å². The molecule has 1 unspecified atom stereocenters. The van der Waals surface area contributed by atoms with Gasteiger partial charge in [0, 0.05) is 19.8 Å². The topological polar surface area (TPSA) is 38.7 Å². The second-order valence-electron chi connectivity index (χ2n) is 2.83. The van der Waals surface area contributed by atoms with Gasteiger partial charge in [-0.3, -0.25) is 0 Å². The molecule has 0 amide bonds. The smallest absolute Gasteiger partial charge is 0.0745 e. The number of hydrogen-bond acceptors (Lipinski definition) is 3. The van der Waals surface area contributed by atoms with Crippen LogP contribution in [0.4, 0.5) is 0 Å². The van der Waals surface area contributed by atoms with Crippen molar-refractivity contribution in [2.75, 3.05) is 26.4 Å². The highest BCUT2D eigenvalue weighted by Gasteiger charge is 1.94. The fourth-order valence-corrected chi connectivity index (χ4v) is 0.806. The third kappa shape index (κ3) is 9.88. The van der Waals surface area contributed by atoms with Crippen LogP contribution in [-0.4, -0.2) is 37.6 Å². The van der Waals surface area contributed by atoms with Gasteiger partial charge < -0.3 is 14.6 Å². The molecule has 0 spiro atoms. The normalized spacial score (nSPS) is 13.2. The van der Waals surface area contributed by atoms with E-state index in [0.717, 1.165) is 32.7 Å². The maximum absolute atomic E-state index is 8.84. The molecule has 0 aromatic rings. The van der Waals surface area contributed by atoms with Crippen LogP contribution >= 0.6 is 0 Å². The fraction of sp³-hybridized carbons (Fsp3) is 1.00. The van der Waals surface area contributed by atoms with E-state index >= 15 is 0 Å². The maximum Gasteiger partial charge on any atom is 0.0745 e. The molecule has 12 heavy (non-hydrogen) atoms. The lowest BCUT2D eigenvalue weighted by Crippen LogP contribution is -2.11. The van der Waals surface area contributed by atoms with E-state index < -0.39 is 0 Å². The molecular formula is C9H20O3. The molecule has 0 aliphatic rings. The SMILES string of the molecule is CCOCCCCOCC(C)O. The lowest BCUT2D eigenvalue weighted by atomic mass is 10.3. The Kier molecular flexibility index (Phi) is 8.88. The van der Waals surface area contributed by atoms with Crippen LogP contribution in [0.2, 0.25) is 0 Å². The van der Waals surface area contributed by atoms with Crippen molar-refractivity contribution >= 4 is 0 Å². The predicted octanol–water partition coefficient (Wildman–Crippen LogP) is 1.20. The average Bonchev–Trinajstić information content (AvgIpc) is 2.02. The third-order valence-electron chi connectivity index (χ3n) is 1.39. The van der Waals surface area contributed by atoms with Crippen molar-refractivity contribution < 1.29 is 14.6 Å². The molecule has 74 valence electrons. The first kappa shape index (κ1) is 11.9. The first-order chi connectivity index (χ1) is 5.77. The van der Waals surface area contributed by atoms with Gasteiger partial charge >= 0.3 is 0 Å². The Morgan fingerprint density at radius 2 is 1.75 bits per heavy atom. The van der Waals surface area contributed by atoms with E-state index in [1.807, 2.05) is 6.92 Å². The predicted molar refractivity (Wildman–Crippen MR) is 48.2 cm³/mol. The van der Waals surface area contributed by atoms with Gasteiger partial charge in [-0.1, -0.05) is 0 Å². The van der Waals surface area contributed by atoms with E-state index in [-0.39, 0.29) is 6.10 Å². The van der Waals surface area contributed by atoms with Crippen LogP contribution in [0, 0.1) is 0 Å². The first-order valence-corrected chi connectivity index (χ1v) is 4.61. The Labute approximate surface area is 74.7 Å². The second-order valence-corrected chi connectivity index (χ2v) is 2.83. The number of unbranched alkanes of at least 4 members (excludes halogenated alkanes) is 1. The molecular weight excluding hydrogens is 156 g/mol. The maximum atomic E-state index is 8.84. The van der Waals surface area contributed by atoms with Gasteiger partial charge in [0.2, 0.25) is 0 Å². The lowest BCUT2D eigenvalue weighted by Gasteiger charge is -2.05. The van der Waals surface area contributed by atoms with E-state index in [1.54, 1.807) is 6.92 Å². The van der Waals surface area contributed by atoms with Gasteiger partial charge in [0.15, 0.2) is 0 Å². The molecule has 0 bridgehead atoms. The summed E-state index contributed by atoms with van der Waals surface area (Å²) in [5, 5.41) is 8.84. The van der Waals surface area contributed by atoms with Gasteiger partial charge in [-0.25, -0.2) is 0 Å². The fourth-order valence-electron chi connectivity index (χ4n) is 0.806. The molecule has 0 aromatic heterocycles. The zero-order valence-corrected chi connectivity index (χ0v) is 8.08. The monoisotopic (exact) mass is 176 g/mol. The molecule has 1 atom stereocenters. The summed E-state index contributed by atoms with van der Waals surface area (Å²) in [7, 11) is 0. The molecule has 0 saturated heterocycles. The van der Waals surface area contributed by atoms with E-state index in [9.17, 15) is 0 Å². The second kappa shape index (κ2) is 8.97. The summed E-state index contributed by atoms with van der Waals surface area (Å²) < 4.78 is 10.3. The highest BCUT2D eigenvalue weighted by atomic mass is 16.5. The van der Waals surface area contributed by atoms with Crippen LogP contribution in [0.15, 0.2) is 0 Å². The number of aliphatic hydroxyl groups is 1. The van der Waals surface area contributed by atoms with Crippen molar-refractivity contribution in [1.82, 2.24) is 0 Å². The van der Waals surface area contributed by atoms with Crippen molar-refractivity contribution in [1.29, 1.82) is 0 Å². The van der Waals surface area contributed by atoms with E-state index in [4.69, 9.17) is 14.6 Å². The van der Waals surface area contributed by atoms with Crippen molar-refractivity contribution in [2.24, 2.45) is 0 Å². The summed E-state index contributed by atoms with van der Waals surface area (Å²) in [6.45, 7) is 6.47. The van der Waals surface area contributed by atoms with Crippen LogP contribution in [0.5, 0.6) is 0 Å². The minimum absolute atomic E-state index is 0.350. The third-order valence-corrected chi connectivity index (χ3v) is 1.39. The number of hydrogen-bond donors (Lipinski definition) is 1. The van der Waals surface area contributed by atoms with Crippen molar-refractivity contribution in [3.05, 3.63) is 0 Å². The van der Waals surface area contributed by atoms with Crippen LogP contribution in [0.3, 0.4) is 0 Å². The van der Waals surface area contributed by atoms with E-state index in [2.05, 4.69) is 0 Å². The molecule has 3 heteroatoms. The average molecular weight is 176 g/mol. The summed E-state index contributed by atoms with van der Waals surface area (Å²) in [5.74, 6) is 0. The quantitative estimate of drug-likeness (QED) is 0.565. The summed E-state index contributed by atoms with van der Waals surface area (Å²) in [6.07, 6.45) is 1.69. The number of rotatable bonds is 8. The zero-order chi connectivity index (χ0) is 9.23. The van der Waals surface area contributed by atoms with Gasteiger partial charge in [-0.05, 0) is 26.7 Å². The Morgan fingerprint density at radius 1 is 1.17 bits per heavy atom. The van der Waals surface area contributed by atoms with Gasteiger partial charge in [-0.15, -0.1) is 0 Å². The summed E-state index contributed by atoms with van der Waals surface area (Å²) in [4.78, 5) is 0. The van der Waals surface area contributed by atoms with Gasteiger partial charge in [0.1, 0.15) is 0 Å². The van der Waals surface area contributed by atoms with Crippen LogP contribution < -0.4 is 0 Å². The molecule has 0 rings (SSSR count). The molecule has 0 aromatic carbocycles. The van der Waals surface area contributed by atoms with Crippen LogP contribution in [0.25, 0.3) is 0 Å². The zero-order valence-electron chi connectivity index (χ0n) is 8.08. The Bertz CT molecular complexity index is 83.8. The van der Waals surface area contributed by atoms with Gasteiger partial charge in [-0.2, -0.15) is 0 Å². The van der Waals surface area contributed by atoms with Crippen LogP contribution in [0.1, 0.15) is 26.7 Å². The Balaban J connectivity index is 2.82. The van der Waals surface area contributed by atoms with Crippen molar-refractivity contribution in [3.63, 3.8) is 0 Å². The molecule has 0 aliphatic carbocycles. The van der Waals surface area contributed by atoms with E-state index in [1.165, 1.54) is 0 Å². The lowest BCUT2D eigenvalue weighted by molar-refractivity contribution is 0.0413. The number of aliphatic hydroxyl groups excluding tert-OH is 1. The molecule has 0 aliphatic heterocycles. The molecule has 1 N–H and O–H groups in total. The molecule has 0 fully saturated rings. The van der Waals surface area contributed by atoms with Gasteiger partial charge in [0.25, 0.3) is 0 Å². The summed E-state index contributed by atoms with van der Waals surface area (Å²) in [6, 6.07) is 0. The molecule has 0 radical (unpaired) electrons. The summed E-state index contributed by atoms with van der Waals surface area (Å²) in [5.41, 5.74) is 0. The number of ether oxygens (including phenoxy) is 2. The standard InChI is InChI=1S/C9H20O3/c1-3-11-6-4-5-7-12-8-9(2)10/h9-10H,3-8H2,1-2H3. The molecule has 3 nitrogen and oxygen atoms in total. The molecule has 0 heterocycles. The minimum atomic E-state index is -0.350. The highest BCUT2D eigenvalue weighted by Crippen LogP contribution is 1.92. The minimum Gasteiger partial charge on any atom is -0.391 e. The Hall–Kier alpha value is -0.120. The van der Waals surface area contributed by atoms with Crippen molar-refractivity contribution in [2.45, 2.75) is 32.8 Å². The Morgan fingerprint density at radius 3 is 2.25 bits per heavy atom. The molecule has 0 saturated carbocycles. The summed E-state index contributed by atoms with van der Waals surface area (Å²) >= 11 is 0. The largest absolute Gasteiger partial charge is 0.391 e.